The van der Waals surface area contributed by atoms with Crippen molar-refractivity contribution in [2.45, 2.75) is 31.8 Å². The van der Waals surface area contributed by atoms with Crippen LogP contribution in [0.3, 0.4) is 0 Å². The Morgan fingerprint density at radius 1 is 0.875 bits per heavy atom. The van der Waals surface area contributed by atoms with Gasteiger partial charge in [0, 0.05) is 11.3 Å². The van der Waals surface area contributed by atoms with E-state index in [0.717, 1.165) is 32.0 Å². The van der Waals surface area contributed by atoms with Gasteiger partial charge in [0.1, 0.15) is 17.2 Å². The van der Waals surface area contributed by atoms with Crippen LogP contribution in [0.5, 0.6) is 0 Å². The molecule has 13 heteroatoms. The molecule has 3 N–H and O–H groups in total. The third-order valence-corrected chi connectivity index (χ3v) is 4.45. The number of carbonyl (C=O) groups excluding carboxylic acids is 2. The third kappa shape index (κ3) is 4.52. The fraction of sp³-hybridized carbons (Fsp3) is 0.263. The van der Waals surface area contributed by atoms with Crippen molar-refractivity contribution in [3.05, 3.63) is 64.2 Å². The van der Waals surface area contributed by atoms with Gasteiger partial charge in [-0.05, 0) is 43.2 Å². The van der Waals surface area contributed by atoms with E-state index in [0.29, 0.717) is 12.1 Å². The first-order chi connectivity index (χ1) is 14.5. The topological polar surface area (TPSA) is 78.4 Å². The minimum Gasteiger partial charge on any atom is -0.369 e. The van der Waals surface area contributed by atoms with E-state index in [4.69, 9.17) is 0 Å². The van der Waals surface area contributed by atoms with Crippen molar-refractivity contribution < 1.29 is 49.8 Å². The molecule has 0 aliphatic heterocycles. The summed E-state index contributed by atoms with van der Waals surface area (Å²) >= 11 is 0. The molecule has 0 atom stereocenters. The smallest absolute Gasteiger partial charge is 0.369 e. The van der Waals surface area contributed by atoms with Crippen LogP contribution in [0.4, 0.5) is 45.6 Å². The minimum atomic E-state index is -6.11. The summed E-state index contributed by atoms with van der Waals surface area (Å²) in [6.07, 6.45) is -12.2. The fourth-order valence-corrected chi connectivity index (χ4v) is 2.84. The standard InChI is InChI=1S/C19H14F8N2O3/c1-8-7-13(9(2)6-10(8)17(32,18(22,23)24)19(25,26)27)28-16(31)29-15(30)14-11(20)4-3-5-12(14)21/h3-7,32H,1-2H3,(H2,28,29,30,31). The van der Waals surface area contributed by atoms with Gasteiger partial charge >= 0.3 is 18.4 Å². The van der Waals surface area contributed by atoms with Crippen LogP contribution in [0.2, 0.25) is 0 Å². The summed E-state index contributed by atoms with van der Waals surface area (Å²) < 4.78 is 106. The van der Waals surface area contributed by atoms with Gasteiger partial charge in [-0.3, -0.25) is 10.1 Å². The zero-order valence-electron chi connectivity index (χ0n) is 16.2. The van der Waals surface area contributed by atoms with Gasteiger partial charge in [0.05, 0.1) is 0 Å². The number of urea groups is 1. The van der Waals surface area contributed by atoms with Crippen molar-refractivity contribution in [1.82, 2.24) is 5.32 Å². The molecule has 0 aromatic heterocycles. The normalized spacial score (nSPS) is 12.5. The number of benzene rings is 2. The predicted octanol–water partition coefficient (Wildman–Crippen LogP) is 4.86. The Morgan fingerprint density at radius 2 is 1.38 bits per heavy atom. The SMILES string of the molecule is Cc1cc(C(O)(C(F)(F)F)C(F)(F)F)c(C)cc1NC(=O)NC(=O)c1c(F)cccc1F. The predicted molar refractivity (Wildman–Crippen MR) is 94.8 cm³/mol. The lowest BCUT2D eigenvalue weighted by Crippen LogP contribution is -2.54. The van der Waals surface area contributed by atoms with Crippen LogP contribution < -0.4 is 10.6 Å². The van der Waals surface area contributed by atoms with Crippen LogP contribution in [0.15, 0.2) is 30.3 Å². The summed E-state index contributed by atoms with van der Waals surface area (Å²) in [5, 5.41) is 13.1. The number of aryl methyl sites for hydroxylation is 2. The number of hydrogen-bond donors (Lipinski definition) is 3. The number of nitrogens with one attached hydrogen (secondary N) is 2. The fourth-order valence-electron chi connectivity index (χ4n) is 2.84. The second-order valence-corrected chi connectivity index (χ2v) is 6.69. The zero-order valence-corrected chi connectivity index (χ0v) is 16.2. The molecule has 32 heavy (non-hydrogen) atoms. The van der Waals surface area contributed by atoms with Crippen LogP contribution >= 0.6 is 0 Å². The highest BCUT2D eigenvalue weighted by atomic mass is 19.4. The molecule has 2 aromatic rings. The van der Waals surface area contributed by atoms with E-state index >= 15 is 0 Å². The summed E-state index contributed by atoms with van der Waals surface area (Å²) in [7, 11) is 0. The Bertz CT molecular complexity index is 1030. The number of imide groups is 1. The van der Waals surface area contributed by atoms with E-state index < -0.39 is 58.2 Å². The number of carbonyl (C=O) groups is 2. The summed E-state index contributed by atoms with van der Waals surface area (Å²) in [4.78, 5) is 23.9. The summed E-state index contributed by atoms with van der Waals surface area (Å²) in [5.41, 5.74) is -9.10. The molecule has 3 amide bonds. The number of alkyl halides is 6. The summed E-state index contributed by atoms with van der Waals surface area (Å²) in [6.45, 7) is 1.87. The Morgan fingerprint density at radius 3 is 1.84 bits per heavy atom. The van der Waals surface area contributed by atoms with Gasteiger partial charge < -0.3 is 10.4 Å². The van der Waals surface area contributed by atoms with Crippen molar-refractivity contribution >= 4 is 17.6 Å². The van der Waals surface area contributed by atoms with E-state index in [9.17, 15) is 49.8 Å². The number of aliphatic hydroxyl groups is 1. The molecule has 0 radical (unpaired) electrons. The summed E-state index contributed by atoms with van der Waals surface area (Å²) in [5.74, 6) is -4.02. The molecule has 0 bridgehead atoms. The molecule has 0 fully saturated rings. The lowest BCUT2D eigenvalue weighted by Gasteiger charge is -2.34. The second-order valence-electron chi connectivity index (χ2n) is 6.69. The van der Waals surface area contributed by atoms with Gasteiger partial charge in [-0.2, -0.15) is 26.3 Å². The van der Waals surface area contributed by atoms with Crippen LogP contribution in [-0.2, 0) is 5.60 Å². The van der Waals surface area contributed by atoms with Crippen molar-refractivity contribution in [3.8, 4) is 0 Å². The molecule has 0 saturated carbocycles. The molecule has 0 heterocycles. The van der Waals surface area contributed by atoms with Crippen molar-refractivity contribution in [2.75, 3.05) is 5.32 Å². The molecule has 0 spiro atoms. The van der Waals surface area contributed by atoms with E-state index in [1.807, 2.05) is 5.32 Å². The highest BCUT2D eigenvalue weighted by molar-refractivity contribution is 6.08. The van der Waals surface area contributed by atoms with Gasteiger partial charge in [0.2, 0.25) is 0 Å². The van der Waals surface area contributed by atoms with E-state index in [2.05, 4.69) is 0 Å². The monoisotopic (exact) mass is 470 g/mol. The van der Waals surface area contributed by atoms with Crippen LogP contribution in [0.1, 0.15) is 27.0 Å². The van der Waals surface area contributed by atoms with E-state index in [1.165, 1.54) is 0 Å². The van der Waals surface area contributed by atoms with Gasteiger partial charge in [0.25, 0.3) is 11.5 Å². The first-order valence-electron chi connectivity index (χ1n) is 8.54. The highest BCUT2D eigenvalue weighted by Gasteiger charge is 2.71. The maximum Gasteiger partial charge on any atom is 0.430 e. The number of anilines is 1. The van der Waals surface area contributed by atoms with Gasteiger partial charge in [-0.1, -0.05) is 12.1 Å². The van der Waals surface area contributed by atoms with Crippen molar-refractivity contribution in [1.29, 1.82) is 0 Å². The molecule has 5 nitrogen and oxygen atoms in total. The minimum absolute atomic E-state index is 0.322. The Balaban J connectivity index is 2.35. The summed E-state index contributed by atoms with van der Waals surface area (Å²) in [6, 6.07) is 2.20. The number of amides is 3. The Hall–Kier alpha value is -3.22. The molecule has 2 aromatic carbocycles. The number of hydrogen-bond acceptors (Lipinski definition) is 3. The first kappa shape index (κ1) is 25.0. The lowest BCUT2D eigenvalue weighted by molar-refractivity contribution is -0.376. The van der Waals surface area contributed by atoms with Gasteiger partial charge in [-0.15, -0.1) is 0 Å². The zero-order chi connectivity index (χ0) is 24.6. The molecule has 0 aliphatic rings. The Labute approximate surface area is 175 Å². The van der Waals surface area contributed by atoms with Crippen molar-refractivity contribution in [3.63, 3.8) is 0 Å². The third-order valence-electron chi connectivity index (χ3n) is 4.45. The molecule has 0 saturated heterocycles. The highest BCUT2D eigenvalue weighted by Crippen LogP contribution is 2.51. The molecule has 0 unspecified atom stereocenters. The van der Waals surface area contributed by atoms with E-state index in [-0.39, 0.29) is 11.3 Å². The van der Waals surface area contributed by atoms with Crippen LogP contribution in [0, 0.1) is 25.5 Å². The van der Waals surface area contributed by atoms with Crippen LogP contribution in [0.25, 0.3) is 0 Å². The molecule has 174 valence electrons. The molecular weight excluding hydrogens is 456 g/mol. The van der Waals surface area contributed by atoms with E-state index in [1.54, 1.807) is 5.32 Å². The Kier molecular flexibility index (Phi) is 6.55. The number of halogens is 8. The van der Waals surface area contributed by atoms with Gasteiger partial charge in [0.15, 0.2) is 0 Å². The van der Waals surface area contributed by atoms with Crippen molar-refractivity contribution in [2.24, 2.45) is 0 Å². The average Bonchev–Trinajstić information content (AvgIpc) is 2.61. The van der Waals surface area contributed by atoms with Crippen LogP contribution in [-0.4, -0.2) is 29.4 Å². The first-order valence-corrected chi connectivity index (χ1v) is 8.54. The maximum atomic E-state index is 13.6. The molecule has 2 rings (SSSR count). The largest absolute Gasteiger partial charge is 0.430 e. The molecular formula is C19H14F8N2O3. The second kappa shape index (κ2) is 8.37. The average molecular weight is 470 g/mol. The quantitative estimate of drug-likeness (QED) is 0.561. The number of rotatable bonds is 3. The van der Waals surface area contributed by atoms with Gasteiger partial charge in [-0.25, -0.2) is 13.6 Å². The lowest BCUT2D eigenvalue weighted by atomic mass is 9.87. The molecule has 0 aliphatic carbocycles. The maximum absolute atomic E-state index is 13.6.